The van der Waals surface area contributed by atoms with E-state index in [1.165, 1.54) is 13.2 Å². The Kier molecular flexibility index (Phi) is 3.85. The molecule has 1 aromatic carbocycles. The summed E-state index contributed by atoms with van der Waals surface area (Å²) in [5, 5.41) is 19.2. The quantitative estimate of drug-likeness (QED) is 0.487. The van der Waals surface area contributed by atoms with Crippen molar-refractivity contribution in [2.24, 2.45) is 0 Å². The van der Waals surface area contributed by atoms with Crippen LogP contribution in [0, 0.1) is 25.0 Å². The van der Waals surface area contributed by atoms with E-state index < -0.39 is 4.92 Å². The number of methoxy groups -OCH3 is 1. The van der Waals surface area contributed by atoms with Crippen molar-refractivity contribution >= 4 is 28.3 Å². The molecule has 0 spiro atoms. The number of benzene rings is 1. The summed E-state index contributed by atoms with van der Waals surface area (Å²) in [6.45, 7) is 0. The van der Waals surface area contributed by atoms with Crippen LogP contribution in [0.4, 0.5) is 5.69 Å². The highest BCUT2D eigenvalue weighted by Crippen LogP contribution is 2.29. The van der Waals surface area contributed by atoms with Crippen molar-refractivity contribution in [1.29, 1.82) is 5.26 Å². The third kappa shape index (κ3) is 2.56. The minimum Gasteiger partial charge on any atom is -0.496 e. The Morgan fingerprint density at radius 3 is 2.80 bits per heavy atom. The zero-order valence-corrected chi connectivity index (χ0v) is 10.0. The molecule has 0 N–H and O–H groups in total. The standard InChI is InChI=1S/C9H7IN2O3/c1-15-9-5-7(10)8(12(13)14)4-6(9)2-3-11/h4-5H,2H2,1H3. The maximum absolute atomic E-state index is 10.7. The van der Waals surface area contributed by atoms with Crippen LogP contribution >= 0.6 is 22.6 Å². The van der Waals surface area contributed by atoms with Gasteiger partial charge in [-0.1, -0.05) is 0 Å². The van der Waals surface area contributed by atoms with Gasteiger partial charge in [-0.2, -0.15) is 5.26 Å². The van der Waals surface area contributed by atoms with Crippen LogP contribution in [0.2, 0.25) is 0 Å². The minimum atomic E-state index is -0.470. The number of hydrogen-bond donors (Lipinski definition) is 0. The molecule has 0 amide bonds. The second-order valence-corrected chi connectivity index (χ2v) is 3.87. The average molecular weight is 318 g/mol. The zero-order chi connectivity index (χ0) is 11.4. The zero-order valence-electron chi connectivity index (χ0n) is 7.86. The lowest BCUT2D eigenvalue weighted by molar-refractivity contribution is -0.385. The second kappa shape index (κ2) is 4.93. The Morgan fingerprint density at radius 2 is 2.33 bits per heavy atom. The van der Waals surface area contributed by atoms with Crippen molar-refractivity contribution in [3.63, 3.8) is 0 Å². The third-order valence-electron chi connectivity index (χ3n) is 1.82. The predicted octanol–water partition coefficient (Wildman–Crippen LogP) is 2.27. The van der Waals surface area contributed by atoms with Crippen molar-refractivity contribution in [1.82, 2.24) is 0 Å². The molecular formula is C9H7IN2O3. The predicted molar refractivity (Wildman–Crippen MR) is 61.7 cm³/mol. The van der Waals surface area contributed by atoms with Gasteiger partial charge in [-0.3, -0.25) is 10.1 Å². The SMILES string of the molecule is COc1cc(I)c([N+](=O)[O-])cc1CC#N. The van der Waals surface area contributed by atoms with Crippen LogP contribution < -0.4 is 4.74 Å². The second-order valence-electron chi connectivity index (χ2n) is 2.71. The van der Waals surface area contributed by atoms with Gasteiger partial charge in [0.1, 0.15) is 5.75 Å². The first-order chi connectivity index (χ1) is 7.10. The number of hydrogen-bond acceptors (Lipinski definition) is 4. The summed E-state index contributed by atoms with van der Waals surface area (Å²) in [7, 11) is 1.47. The Morgan fingerprint density at radius 1 is 1.67 bits per heavy atom. The summed E-state index contributed by atoms with van der Waals surface area (Å²) in [6, 6.07) is 4.88. The monoisotopic (exact) mass is 318 g/mol. The first-order valence-electron chi connectivity index (χ1n) is 3.98. The molecule has 0 saturated heterocycles. The van der Waals surface area contributed by atoms with Crippen LogP contribution in [0.25, 0.3) is 0 Å². The van der Waals surface area contributed by atoms with E-state index in [-0.39, 0.29) is 12.1 Å². The highest BCUT2D eigenvalue weighted by molar-refractivity contribution is 14.1. The van der Waals surface area contributed by atoms with Crippen molar-refractivity contribution < 1.29 is 9.66 Å². The molecule has 0 aliphatic rings. The molecule has 0 unspecified atom stereocenters. The lowest BCUT2D eigenvalue weighted by atomic mass is 10.1. The van der Waals surface area contributed by atoms with Crippen LogP contribution in [0.1, 0.15) is 5.56 Å². The van der Waals surface area contributed by atoms with Crippen molar-refractivity contribution in [3.05, 3.63) is 31.4 Å². The van der Waals surface area contributed by atoms with Crippen LogP contribution in [0.3, 0.4) is 0 Å². The number of ether oxygens (including phenoxy) is 1. The van der Waals surface area contributed by atoms with Crippen molar-refractivity contribution in [2.75, 3.05) is 7.11 Å². The van der Waals surface area contributed by atoms with E-state index in [0.29, 0.717) is 14.9 Å². The van der Waals surface area contributed by atoms with Gasteiger partial charge in [-0.05, 0) is 22.6 Å². The van der Waals surface area contributed by atoms with Gasteiger partial charge in [0, 0.05) is 17.7 Å². The Labute approximate surface area is 99.9 Å². The van der Waals surface area contributed by atoms with Crippen molar-refractivity contribution in [2.45, 2.75) is 6.42 Å². The average Bonchev–Trinajstić information content (AvgIpc) is 2.20. The van der Waals surface area contributed by atoms with Crippen LogP contribution in [0.5, 0.6) is 5.75 Å². The van der Waals surface area contributed by atoms with Gasteiger partial charge in [0.2, 0.25) is 0 Å². The van der Waals surface area contributed by atoms with Gasteiger partial charge in [0.25, 0.3) is 5.69 Å². The Hall–Kier alpha value is -1.36. The highest BCUT2D eigenvalue weighted by atomic mass is 127. The van der Waals surface area contributed by atoms with E-state index >= 15 is 0 Å². The first-order valence-corrected chi connectivity index (χ1v) is 5.05. The third-order valence-corrected chi connectivity index (χ3v) is 2.68. The number of nitriles is 1. The highest BCUT2D eigenvalue weighted by Gasteiger charge is 2.16. The van der Waals surface area contributed by atoms with E-state index in [9.17, 15) is 10.1 Å². The molecule has 15 heavy (non-hydrogen) atoms. The molecule has 0 heterocycles. The van der Waals surface area contributed by atoms with Gasteiger partial charge < -0.3 is 4.74 Å². The summed E-state index contributed by atoms with van der Waals surface area (Å²) in [5.74, 6) is 0.506. The summed E-state index contributed by atoms with van der Waals surface area (Å²) in [6.07, 6.45) is 0.0981. The molecule has 1 aromatic rings. The summed E-state index contributed by atoms with van der Waals surface area (Å²) in [4.78, 5) is 10.2. The van der Waals surface area contributed by atoms with E-state index in [4.69, 9.17) is 10.00 Å². The largest absolute Gasteiger partial charge is 0.496 e. The number of halogens is 1. The van der Waals surface area contributed by atoms with E-state index in [1.54, 1.807) is 6.07 Å². The van der Waals surface area contributed by atoms with Gasteiger partial charge in [0.15, 0.2) is 0 Å². The molecule has 0 aromatic heterocycles. The molecule has 1 rings (SSSR count). The molecule has 0 bridgehead atoms. The lowest BCUT2D eigenvalue weighted by Crippen LogP contribution is -1.97. The maximum atomic E-state index is 10.7. The van der Waals surface area contributed by atoms with Crippen LogP contribution in [0.15, 0.2) is 12.1 Å². The van der Waals surface area contributed by atoms with Crippen molar-refractivity contribution in [3.8, 4) is 11.8 Å². The molecule has 78 valence electrons. The summed E-state index contributed by atoms with van der Waals surface area (Å²) >= 11 is 1.87. The smallest absolute Gasteiger partial charge is 0.283 e. The molecule has 5 nitrogen and oxygen atoms in total. The number of rotatable bonds is 3. The Bertz CT molecular complexity index is 440. The maximum Gasteiger partial charge on any atom is 0.283 e. The van der Waals surface area contributed by atoms with Crippen LogP contribution in [-0.4, -0.2) is 12.0 Å². The Balaban J connectivity index is 3.31. The van der Waals surface area contributed by atoms with E-state index in [2.05, 4.69) is 0 Å². The lowest BCUT2D eigenvalue weighted by Gasteiger charge is -2.06. The summed E-state index contributed by atoms with van der Waals surface area (Å²) in [5.41, 5.74) is 0.536. The molecule has 0 saturated carbocycles. The minimum absolute atomic E-state index is 0.00153. The van der Waals surface area contributed by atoms with Gasteiger partial charge in [-0.15, -0.1) is 0 Å². The van der Waals surface area contributed by atoms with E-state index in [0.717, 1.165) is 0 Å². The molecule has 0 fully saturated rings. The normalized spacial score (nSPS) is 9.40. The van der Waals surface area contributed by atoms with Gasteiger partial charge in [0.05, 0.1) is 28.1 Å². The molecule has 0 atom stereocenters. The number of nitro groups is 1. The fourth-order valence-electron chi connectivity index (χ4n) is 1.14. The molecular weight excluding hydrogens is 311 g/mol. The molecule has 0 aliphatic heterocycles. The fourth-order valence-corrected chi connectivity index (χ4v) is 1.78. The van der Waals surface area contributed by atoms with Gasteiger partial charge >= 0.3 is 0 Å². The van der Waals surface area contributed by atoms with Crippen LogP contribution in [-0.2, 0) is 6.42 Å². The molecule has 0 radical (unpaired) electrons. The summed E-state index contributed by atoms with van der Waals surface area (Å²) < 4.78 is 5.53. The van der Waals surface area contributed by atoms with Gasteiger partial charge in [-0.25, -0.2) is 0 Å². The number of nitrogens with zero attached hydrogens (tertiary/aromatic N) is 2. The van der Waals surface area contributed by atoms with E-state index in [1.807, 2.05) is 28.7 Å². The number of nitro benzene ring substituents is 1. The molecule has 6 heteroatoms. The topological polar surface area (TPSA) is 76.2 Å². The first kappa shape index (κ1) is 11.7. The fraction of sp³-hybridized carbons (Fsp3) is 0.222. The molecule has 0 aliphatic carbocycles.